The van der Waals surface area contributed by atoms with Crippen molar-refractivity contribution in [3.8, 4) is 0 Å². The lowest BCUT2D eigenvalue weighted by molar-refractivity contribution is -0.139. The van der Waals surface area contributed by atoms with E-state index in [1.54, 1.807) is 6.92 Å². The van der Waals surface area contributed by atoms with Gasteiger partial charge in [0.05, 0.1) is 6.54 Å². The Morgan fingerprint density at radius 1 is 1.07 bits per heavy atom. The van der Waals surface area contributed by atoms with Crippen LogP contribution in [0.15, 0.2) is 30.3 Å². The van der Waals surface area contributed by atoms with E-state index in [1.807, 2.05) is 47.2 Å². The van der Waals surface area contributed by atoms with Gasteiger partial charge < -0.3 is 15.5 Å². The Hall–Kier alpha value is -1.92. The number of hydrogen-bond acceptors (Lipinski definition) is 4. The molecule has 1 heterocycles. The van der Waals surface area contributed by atoms with E-state index in [0.29, 0.717) is 38.8 Å². The molecule has 2 N–H and O–H groups in total. The molecular weight excluding hydrogens is 352 g/mol. The first-order chi connectivity index (χ1) is 13.4. The van der Waals surface area contributed by atoms with E-state index in [2.05, 4.69) is 4.90 Å². The van der Waals surface area contributed by atoms with E-state index < -0.39 is 5.54 Å². The molecule has 6 heteroatoms. The normalized spacial score (nSPS) is 21.2. The lowest BCUT2D eigenvalue weighted by Gasteiger charge is -2.39. The molecule has 0 bridgehead atoms. The van der Waals surface area contributed by atoms with E-state index in [0.717, 1.165) is 18.4 Å². The molecule has 0 radical (unpaired) electrons. The fourth-order valence-corrected chi connectivity index (χ4v) is 4.32. The van der Waals surface area contributed by atoms with Crippen LogP contribution in [0.5, 0.6) is 0 Å². The Morgan fingerprint density at radius 3 is 2.29 bits per heavy atom. The average Bonchev–Trinajstić information content (AvgIpc) is 2.74. The van der Waals surface area contributed by atoms with Crippen molar-refractivity contribution in [2.75, 3.05) is 39.8 Å². The first-order valence-electron chi connectivity index (χ1n) is 10.5. The molecule has 1 aromatic carbocycles. The number of rotatable bonds is 5. The van der Waals surface area contributed by atoms with Crippen LogP contribution in [0.1, 0.15) is 44.6 Å². The van der Waals surface area contributed by atoms with Crippen LogP contribution in [0.2, 0.25) is 0 Å². The van der Waals surface area contributed by atoms with Crippen LogP contribution in [0.4, 0.5) is 0 Å². The molecule has 1 aliphatic heterocycles. The maximum atomic E-state index is 13.0. The largest absolute Gasteiger partial charge is 0.342 e. The number of amides is 2. The summed E-state index contributed by atoms with van der Waals surface area (Å²) in [5.41, 5.74) is 6.18. The van der Waals surface area contributed by atoms with E-state index in [1.165, 1.54) is 19.3 Å². The third-order valence-corrected chi connectivity index (χ3v) is 6.35. The molecular formula is C22H34N4O2. The van der Waals surface area contributed by atoms with Gasteiger partial charge in [-0.1, -0.05) is 49.6 Å². The van der Waals surface area contributed by atoms with Gasteiger partial charge in [0.25, 0.3) is 0 Å². The highest BCUT2D eigenvalue weighted by Crippen LogP contribution is 2.23. The summed E-state index contributed by atoms with van der Waals surface area (Å²) < 4.78 is 0. The summed E-state index contributed by atoms with van der Waals surface area (Å²) >= 11 is 0. The standard InChI is InChI=1S/C22H34N4O2/c1-22(23,18-9-5-3-6-10-18)21(28)26-15-13-25(14-16-26)17-20(27)24(2)19-11-7-4-8-12-19/h3,5-6,9-10,19H,4,7-8,11-17,23H2,1-2H3. The van der Waals surface area contributed by atoms with Crippen LogP contribution in [0.3, 0.4) is 0 Å². The number of likely N-dealkylation sites (N-methyl/N-ethyl adjacent to an activating group) is 1. The predicted molar refractivity (Wildman–Crippen MR) is 111 cm³/mol. The van der Waals surface area contributed by atoms with E-state index in [9.17, 15) is 9.59 Å². The highest BCUT2D eigenvalue weighted by atomic mass is 16.2. The Morgan fingerprint density at radius 2 is 1.68 bits per heavy atom. The van der Waals surface area contributed by atoms with Gasteiger partial charge >= 0.3 is 0 Å². The molecule has 0 spiro atoms. The topological polar surface area (TPSA) is 69.9 Å². The van der Waals surface area contributed by atoms with Gasteiger partial charge in [-0.15, -0.1) is 0 Å². The Kier molecular flexibility index (Phi) is 6.73. The lowest BCUT2D eigenvalue weighted by Crippen LogP contribution is -2.57. The van der Waals surface area contributed by atoms with E-state index in [-0.39, 0.29) is 11.8 Å². The zero-order valence-electron chi connectivity index (χ0n) is 17.3. The summed E-state index contributed by atoms with van der Waals surface area (Å²) in [7, 11) is 1.94. The molecule has 0 aromatic heterocycles. The van der Waals surface area contributed by atoms with Gasteiger partial charge in [-0.05, 0) is 25.3 Å². The molecule has 2 fully saturated rings. The number of carbonyl (C=O) groups is 2. The van der Waals surface area contributed by atoms with Gasteiger partial charge in [0, 0.05) is 39.3 Å². The van der Waals surface area contributed by atoms with Crippen molar-refractivity contribution in [1.29, 1.82) is 0 Å². The van der Waals surface area contributed by atoms with Crippen LogP contribution in [0.25, 0.3) is 0 Å². The highest BCUT2D eigenvalue weighted by molar-refractivity contribution is 5.87. The number of nitrogens with two attached hydrogens (primary N) is 1. The fraction of sp³-hybridized carbons (Fsp3) is 0.636. The monoisotopic (exact) mass is 386 g/mol. The molecule has 2 amide bonds. The molecule has 1 unspecified atom stereocenters. The fourth-order valence-electron chi connectivity index (χ4n) is 4.32. The zero-order chi connectivity index (χ0) is 20.1. The molecule has 1 aliphatic carbocycles. The Labute approximate surface area is 168 Å². The number of benzene rings is 1. The summed E-state index contributed by atoms with van der Waals surface area (Å²) in [4.78, 5) is 31.6. The minimum Gasteiger partial charge on any atom is -0.342 e. The van der Waals surface area contributed by atoms with Crippen molar-refractivity contribution in [3.63, 3.8) is 0 Å². The van der Waals surface area contributed by atoms with Crippen molar-refractivity contribution in [3.05, 3.63) is 35.9 Å². The van der Waals surface area contributed by atoms with E-state index >= 15 is 0 Å². The van der Waals surface area contributed by atoms with Gasteiger partial charge in [-0.3, -0.25) is 14.5 Å². The second-order valence-electron chi connectivity index (χ2n) is 8.43. The molecule has 6 nitrogen and oxygen atoms in total. The molecule has 154 valence electrons. The third-order valence-electron chi connectivity index (χ3n) is 6.35. The molecule has 1 aromatic rings. The molecule has 2 aliphatic rings. The summed E-state index contributed by atoms with van der Waals surface area (Å²) in [5.74, 6) is 0.142. The van der Waals surface area contributed by atoms with Crippen LogP contribution in [-0.4, -0.2) is 72.3 Å². The maximum absolute atomic E-state index is 13.0. The van der Waals surface area contributed by atoms with Crippen LogP contribution in [0, 0.1) is 0 Å². The van der Waals surface area contributed by atoms with Gasteiger partial charge in [0.15, 0.2) is 0 Å². The first-order valence-corrected chi connectivity index (χ1v) is 10.5. The Balaban J connectivity index is 1.50. The lowest BCUT2D eigenvalue weighted by atomic mass is 9.91. The summed E-state index contributed by atoms with van der Waals surface area (Å²) in [6.07, 6.45) is 5.99. The molecule has 1 saturated carbocycles. The first kappa shape index (κ1) is 20.8. The SMILES string of the molecule is CN(C(=O)CN1CCN(C(=O)C(C)(N)c2ccccc2)CC1)C1CCCCC1. The predicted octanol–water partition coefficient (Wildman–Crippen LogP) is 1.80. The second kappa shape index (κ2) is 9.05. The minimum atomic E-state index is -1.03. The summed E-state index contributed by atoms with van der Waals surface area (Å²) in [5, 5.41) is 0. The van der Waals surface area contributed by atoms with Crippen molar-refractivity contribution in [1.82, 2.24) is 14.7 Å². The minimum absolute atomic E-state index is 0.0519. The van der Waals surface area contributed by atoms with Crippen molar-refractivity contribution >= 4 is 11.8 Å². The molecule has 1 atom stereocenters. The van der Waals surface area contributed by atoms with Gasteiger partial charge in [-0.25, -0.2) is 0 Å². The quantitative estimate of drug-likeness (QED) is 0.838. The second-order valence-corrected chi connectivity index (χ2v) is 8.43. The molecule has 28 heavy (non-hydrogen) atoms. The number of piperazine rings is 1. The summed E-state index contributed by atoms with van der Waals surface area (Å²) in [6, 6.07) is 9.92. The van der Waals surface area contributed by atoms with Crippen molar-refractivity contribution in [2.24, 2.45) is 5.73 Å². The van der Waals surface area contributed by atoms with E-state index in [4.69, 9.17) is 5.73 Å². The smallest absolute Gasteiger partial charge is 0.247 e. The van der Waals surface area contributed by atoms with Crippen molar-refractivity contribution in [2.45, 2.75) is 50.6 Å². The van der Waals surface area contributed by atoms with Crippen LogP contribution < -0.4 is 5.73 Å². The number of nitrogens with zero attached hydrogens (tertiary/aromatic N) is 3. The third kappa shape index (κ3) is 4.73. The van der Waals surface area contributed by atoms with Crippen LogP contribution >= 0.6 is 0 Å². The number of hydrogen-bond donors (Lipinski definition) is 1. The Bertz CT molecular complexity index is 662. The van der Waals surface area contributed by atoms with Gasteiger partial charge in [-0.2, -0.15) is 0 Å². The molecule has 3 rings (SSSR count). The average molecular weight is 387 g/mol. The number of carbonyl (C=O) groups excluding carboxylic acids is 2. The van der Waals surface area contributed by atoms with Crippen molar-refractivity contribution < 1.29 is 9.59 Å². The van der Waals surface area contributed by atoms with Gasteiger partial charge in [0.2, 0.25) is 11.8 Å². The molecule has 1 saturated heterocycles. The zero-order valence-corrected chi connectivity index (χ0v) is 17.3. The van der Waals surface area contributed by atoms with Gasteiger partial charge in [0.1, 0.15) is 5.54 Å². The maximum Gasteiger partial charge on any atom is 0.247 e. The summed E-state index contributed by atoms with van der Waals surface area (Å²) in [6.45, 7) is 4.85. The highest BCUT2D eigenvalue weighted by Gasteiger charge is 2.36. The van der Waals surface area contributed by atoms with Crippen LogP contribution in [-0.2, 0) is 15.1 Å².